The van der Waals surface area contributed by atoms with Crippen molar-refractivity contribution < 1.29 is 13.6 Å². The molecule has 0 saturated carbocycles. The Morgan fingerprint density at radius 3 is 2.64 bits per heavy atom. The Balaban J connectivity index is 1.22. The van der Waals surface area contributed by atoms with Gasteiger partial charge in [-0.25, -0.2) is 4.79 Å². The molecule has 4 aromatic rings. The first-order chi connectivity index (χ1) is 18.9. The monoisotopic (exact) mass is 546 g/mol. The van der Waals surface area contributed by atoms with Crippen LogP contribution in [0.4, 0.5) is 0 Å². The van der Waals surface area contributed by atoms with Crippen molar-refractivity contribution in [3.8, 4) is 11.1 Å². The van der Waals surface area contributed by atoms with Crippen molar-refractivity contribution in [2.75, 3.05) is 19.6 Å². The van der Waals surface area contributed by atoms with Crippen LogP contribution in [-0.2, 0) is 11.2 Å². The van der Waals surface area contributed by atoms with Gasteiger partial charge in [0.2, 0.25) is 5.91 Å². The molecule has 4 heterocycles. The van der Waals surface area contributed by atoms with Gasteiger partial charge >= 0.3 is 5.63 Å². The van der Waals surface area contributed by atoms with Gasteiger partial charge in [-0.15, -0.1) is 0 Å². The number of carbonyl (C=O) groups is 1. The third kappa shape index (κ3) is 5.01. The minimum absolute atomic E-state index is 0.00618. The minimum Gasteiger partial charge on any atom is -0.463 e. The second-order valence-electron chi connectivity index (χ2n) is 11.2. The van der Waals surface area contributed by atoms with Gasteiger partial charge in [0.05, 0.1) is 6.26 Å². The lowest BCUT2D eigenvalue weighted by Gasteiger charge is -2.44. The molecule has 0 bridgehead atoms. The van der Waals surface area contributed by atoms with Gasteiger partial charge < -0.3 is 19.1 Å². The van der Waals surface area contributed by atoms with Gasteiger partial charge in [0.15, 0.2) is 0 Å². The molecule has 2 aromatic heterocycles. The third-order valence-corrected chi connectivity index (χ3v) is 9.14. The van der Waals surface area contributed by atoms with Gasteiger partial charge in [0, 0.05) is 51.5 Å². The number of nitrogens with zero attached hydrogens (tertiary/aromatic N) is 1. The van der Waals surface area contributed by atoms with E-state index < -0.39 is 0 Å². The number of piperidine rings is 2. The highest BCUT2D eigenvalue weighted by molar-refractivity contribution is 6.30. The average molecular weight is 547 g/mol. The van der Waals surface area contributed by atoms with E-state index in [1.807, 2.05) is 44.2 Å². The zero-order valence-electron chi connectivity index (χ0n) is 22.6. The molecule has 2 fully saturated rings. The molecule has 2 aliphatic heterocycles. The number of halogens is 1. The first-order valence-corrected chi connectivity index (χ1v) is 14.5. The molecule has 0 aliphatic carbocycles. The van der Waals surface area contributed by atoms with Gasteiger partial charge in [-0.2, -0.15) is 0 Å². The van der Waals surface area contributed by atoms with E-state index in [9.17, 15) is 9.59 Å². The number of furan rings is 1. The summed E-state index contributed by atoms with van der Waals surface area (Å²) in [5.41, 5.74) is 5.00. The molecule has 204 valence electrons. The van der Waals surface area contributed by atoms with Crippen molar-refractivity contribution in [1.82, 2.24) is 10.2 Å². The van der Waals surface area contributed by atoms with Crippen molar-refractivity contribution >= 4 is 39.4 Å². The maximum Gasteiger partial charge on any atom is 0.339 e. The van der Waals surface area contributed by atoms with Gasteiger partial charge in [0.25, 0.3) is 0 Å². The molecule has 2 aliphatic rings. The number of rotatable bonds is 6. The Kier molecular flexibility index (Phi) is 7.25. The van der Waals surface area contributed by atoms with E-state index in [1.54, 1.807) is 6.26 Å². The summed E-state index contributed by atoms with van der Waals surface area (Å²) in [7, 11) is 0. The zero-order chi connectivity index (χ0) is 27.1. The van der Waals surface area contributed by atoms with E-state index in [0.717, 1.165) is 39.6 Å². The van der Waals surface area contributed by atoms with Crippen LogP contribution in [0.1, 0.15) is 55.2 Å². The van der Waals surface area contributed by atoms with Gasteiger partial charge in [0.1, 0.15) is 11.2 Å². The lowest BCUT2D eigenvalue weighted by atomic mass is 9.83. The van der Waals surface area contributed by atoms with E-state index in [-0.39, 0.29) is 18.0 Å². The molecule has 2 atom stereocenters. The lowest BCUT2D eigenvalue weighted by Crippen LogP contribution is -2.51. The summed E-state index contributed by atoms with van der Waals surface area (Å²) >= 11 is 6.09. The maximum atomic E-state index is 13.0. The largest absolute Gasteiger partial charge is 0.463 e. The number of fused-ring (bicyclic) bond motifs is 3. The Morgan fingerprint density at radius 1 is 1.03 bits per heavy atom. The molecule has 2 aromatic carbocycles. The predicted octanol–water partition coefficient (Wildman–Crippen LogP) is 6.79. The van der Waals surface area contributed by atoms with Crippen molar-refractivity contribution in [3.63, 3.8) is 0 Å². The summed E-state index contributed by atoms with van der Waals surface area (Å²) in [5, 5.41) is 5.66. The van der Waals surface area contributed by atoms with Crippen molar-refractivity contribution in [2.24, 2.45) is 5.92 Å². The van der Waals surface area contributed by atoms with Crippen LogP contribution >= 0.6 is 11.6 Å². The van der Waals surface area contributed by atoms with E-state index in [1.165, 1.54) is 45.2 Å². The summed E-state index contributed by atoms with van der Waals surface area (Å²) in [6, 6.07) is 10.3. The summed E-state index contributed by atoms with van der Waals surface area (Å²) < 4.78 is 11.7. The smallest absolute Gasteiger partial charge is 0.339 e. The average Bonchev–Trinajstić information content (AvgIpc) is 3.37. The molecular weight excluding hydrogens is 512 g/mol. The Morgan fingerprint density at radius 2 is 1.82 bits per heavy atom. The van der Waals surface area contributed by atoms with Gasteiger partial charge in [-0.3, -0.25) is 4.79 Å². The van der Waals surface area contributed by atoms with Crippen LogP contribution in [0.15, 0.2) is 50.2 Å². The van der Waals surface area contributed by atoms with Crippen LogP contribution in [0.5, 0.6) is 0 Å². The fourth-order valence-corrected chi connectivity index (χ4v) is 6.85. The second kappa shape index (κ2) is 10.8. The fourth-order valence-electron chi connectivity index (χ4n) is 6.73. The highest BCUT2D eigenvalue weighted by atomic mass is 35.5. The van der Waals surface area contributed by atoms with Crippen LogP contribution in [0.2, 0.25) is 5.02 Å². The minimum atomic E-state index is -0.384. The first kappa shape index (κ1) is 26.1. The summed E-state index contributed by atoms with van der Waals surface area (Å²) in [6.07, 6.45) is 8.54. The first-order valence-electron chi connectivity index (χ1n) is 14.1. The molecule has 6 nitrogen and oxygen atoms in total. The number of amides is 1. The zero-order valence-corrected chi connectivity index (χ0v) is 23.4. The molecule has 6 rings (SSSR count). The molecular formula is C32H35ClN2O4. The Bertz CT molecular complexity index is 1580. The lowest BCUT2D eigenvalue weighted by molar-refractivity contribution is -0.121. The highest BCUT2D eigenvalue weighted by Crippen LogP contribution is 2.37. The summed E-state index contributed by atoms with van der Waals surface area (Å²) in [6.45, 7) is 6.96. The quantitative estimate of drug-likeness (QED) is 0.269. The normalized spacial score (nSPS) is 19.9. The predicted molar refractivity (Wildman–Crippen MR) is 155 cm³/mol. The SMILES string of the molecule is Cc1c(CCC(=O)NC[C@@H]2CCCN3CCCC[C@@H]23)c(=O)oc2c(C)c3occ(-c4ccc(Cl)cc4)c3cc12. The summed E-state index contributed by atoms with van der Waals surface area (Å²) in [5.74, 6) is 0.513. The molecule has 1 amide bonds. The van der Waals surface area contributed by atoms with Crippen molar-refractivity contribution in [2.45, 2.75) is 64.8 Å². The van der Waals surface area contributed by atoms with Gasteiger partial charge in [-0.1, -0.05) is 30.2 Å². The fraction of sp³-hybridized carbons (Fsp3) is 0.438. The Hall–Kier alpha value is -3.09. The van der Waals surface area contributed by atoms with Crippen LogP contribution in [0.3, 0.4) is 0 Å². The van der Waals surface area contributed by atoms with Crippen molar-refractivity contribution in [1.29, 1.82) is 0 Å². The molecule has 39 heavy (non-hydrogen) atoms. The number of benzene rings is 2. The Labute approximate surface area is 233 Å². The van der Waals surface area contributed by atoms with Crippen LogP contribution in [0.25, 0.3) is 33.1 Å². The number of nitrogens with one attached hydrogen (secondary N) is 1. The van der Waals surface area contributed by atoms with Crippen LogP contribution < -0.4 is 10.9 Å². The number of hydrogen-bond acceptors (Lipinski definition) is 5. The number of hydrogen-bond donors (Lipinski definition) is 1. The standard InChI is InChI=1S/C32H35ClN2O4/c1-19-24(12-13-29(36)34-17-22-6-5-15-35-14-4-3-7-28(22)35)32(37)39-31-20(2)30-26(16-25(19)31)27(18-38-30)21-8-10-23(33)11-9-21/h8-11,16,18,22,28H,3-7,12-15,17H2,1-2H3,(H,34,36)/t22-,28-/m0/s1. The van der Waals surface area contributed by atoms with E-state index in [0.29, 0.717) is 40.1 Å². The van der Waals surface area contributed by atoms with E-state index in [2.05, 4.69) is 10.2 Å². The van der Waals surface area contributed by atoms with Crippen LogP contribution in [-0.4, -0.2) is 36.5 Å². The van der Waals surface area contributed by atoms with Crippen LogP contribution in [0, 0.1) is 19.8 Å². The molecule has 7 heteroatoms. The molecule has 2 saturated heterocycles. The molecule has 0 spiro atoms. The molecule has 0 unspecified atom stereocenters. The number of aryl methyl sites for hydroxylation is 2. The number of carbonyl (C=O) groups excluding carboxylic acids is 1. The molecule has 1 N–H and O–H groups in total. The second-order valence-corrected chi connectivity index (χ2v) is 11.6. The maximum absolute atomic E-state index is 13.0. The third-order valence-electron chi connectivity index (χ3n) is 8.89. The molecule has 0 radical (unpaired) electrons. The van der Waals surface area contributed by atoms with Gasteiger partial charge in [-0.05, 0) is 94.3 Å². The highest BCUT2D eigenvalue weighted by Gasteiger charge is 2.33. The van der Waals surface area contributed by atoms with E-state index >= 15 is 0 Å². The summed E-state index contributed by atoms with van der Waals surface area (Å²) in [4.78, 5) is 28.5. The van der Waals surface area contributed by atoms with E-state index in [4.69, 9.17) is 20.4 Å². The topological polar surface area (TPSA) is 75.7 Å². The van der Waals surface area contributed by atoms with Crippen molar-refractivity contribution in [3.05, 3.63) is 68.7 Å².